The van der Waals surface area contributed by atoms with E-state index < -0.39 is 133 Å². The van der Waals surface area contributed by atoms with Crippen LogP contribution in [0.2, 0.25) is 0 Å². The molecule has 15 N–H and O–H groups in total. The van der Waals surface area contributed by atoms with E-state index in [-0.39, 0.29) is 51.1 Å². The number of carboxylic acids is 3. The Bertz CT molecular complexity index is 1870. The highest BCUT2D eigenvalue weighted by Gasteiger charge is 2.38. The summed E-state index contributed by atoms with van der Waals surface area (Å²) in [5, 5.41) is 43.0. The van der Waals surface area contributed by atoms with E-state index in [2.05, 4.69) is 31.9 Å². The zero-order valence-electron chi connectivity index (χ0n) is 37.9. The summed E-state index contributed by atoms with van der Waals surface area (Å²) >= 11 is 0. The van der Waals surface area contributed by atoms with Crippen molar-refractivity contribution in [3.63, 3.8) is 0 Å². The smallest absolute Gasteiger partial charge is 0.326 e. The van der Waals surface area contributed by atoms with Crippen LogP contribution in [0.5, 0.6) is 0 Å². The monoisotopic (exact) mass is 950 g/mol. The summed E-state index contributed by atoms with van der Waals surface area (Å²) < 4.78 is 13.7. The van der Waals surface area contributed by atoms with Crippen molar-refractivity contribution < 1.29 is 67.7 Å². The molecule has 0 unspecified atom stereocenters. The largest absolute Gasteiger partial charge is 0.481 e. The topological polar surface area (TPSA) is 385 Å². The molecule has 0 saturated carbocycles. The highest BCUT2D eigenvalue weighted by molar-refractivity contribution is 5.98. The third-order valence-electron chi connectivity index (χ3n) is 10.8. The molecule has 67 heavy (non-hydrogen) atoms. The first kappa shape index (κ1) is 56.9. The van der Waals surface area contributed by atoms with Crippen molar-refractivity contribution in [1.82, 2.24) is 36.8 Å². The number of likely N-dealkylation sites (tertiary alicyclic amines) is 1. The van der Waals surface area contributed by atoms with Crippen LogP contribution < -0.4 is 49.1 Å². The zero-order valence-corrected chi connectivity index (χ0v) is 37.9. The van der Waals surface area contributed by atoms with Gasteiger partial charge in [-0.05, 0) is 101 Å². The van der Waals surface area contributed by atoms with Crippen LogP contribution in [0.3, 0.4) is 0 Å². The van der Waals surface area contributed by atoms with Gasteiger partial charge in [0, 0.05) is 19.4 Å². The van der Waals surface area contributed by atoms with E-state index >= 15 is 0 Å². The predicted molar refractivity (Wildman–Crippen MR) is 238 cm³/mol. The second kappa shape index (κ2) is 29.4. The molecule has 2 rings (SSSR count). The molecular formula is C43H67FN10O13. The van der Waals surface area contributed by atoms with Gasteiger partial charge in [0.05, 0.1) is 19.0 Å². The zero-order chi connectivity index (χ0) is 50.2. The van der Waals surface area contributed by atoms with Gasteiger partial charge in [-0.2, -0.15) is 0 Å². The van der Waals surface area contributed by atoms with E-state index in [1.165, 1.54) is 12.1 Å². The maximum Gasteiger partial charge on any atom is 0.326 e. The standard InChI is InChI=1S/C43H67FN10O13/c1-24(2)20-27(47)37(60)49-29(15-16-35(56)57)40(63)53-32(22-36(58)59)38(61)48-23-34(55)54-19-7-10-33(54)42(65)50-28(8-3-5-17-45)39(62)52-31(21-25-11-13-26(44)14-12-25)41(64)51-30(43(66)67)9-4-6-18-46/h11-14,24,27-33H,3-10,15-23,45-47H2,1-2H3,(H,48,61)(H,49,60)(H,50,65)(H,51,64)(H,52,62)(H,53,63)(H,56,57)(H,58,59)(H,66,67)/t27-,28-,29-,30-,31-,32-,33-/m0/s1. The summed E-state index contributed by atoms with van der Waals surface area (Å²) in [4.78, 5) is 130. The molecule has 374 valence electrons. The van der Waals surface area contributed by atoms with Crippen molar-refractivity contribution in [2.45, 2.75) is 140 Å². The van der Waals surface area contributed by atoms with Gasteiger partial charge < -0.3 is 69.3 Å². The molecule has 0 aliphatic carbocycles. The Morgan fingerprint density at radius 1 is 0.687 bits per heavy atom. The third kappa shape index (κ3) is 20.8. The quantitative estimate of drug-likeness (QED) is 0.0357. The van der Waals surface area contributed by atoms with E-state index in [0.717, 1.165) is 17.0 Å². The Labute approximate surface area is 387 Å². The van der Waals surface area contributed by atoms with Gasteiger partial charge in [0.15, 0.2) is 0 Å². The number of unbranched alkanes of at least 4 members (excludes halogenated alkanes) is 2. The minimum Gasteiger partial charge on any atom is -0.481 e. The highest BCUT2D eigenvalue weighted by atomic mass is 19.1. The van der Waals surface area contributed by atoms with E-state index in [9.17, 15) is 67.7 Å². The van der Waals surface area contributed by atoms with Crippen LogP contribution in [0.25, 0.3) is 0 Å². The van der Waals surface area contributed by atoms with Crippen LogP contribution in [0, 0.1) is 11.7 Å². The minimum absolute atomic E-state index is 0.00121. The van der Waals surface area contributed by atoms with Crippen LogP contribution in [0.1, 0.15) is 96.5 Å². The lowest BCUT2D eigenvalue weighted by Gasteiger charge is -2.28. The Kier molecular flexibility index (Phi) is 24.9. The first-order valence-electron chi connectivity index (χ1n) is 22.3. The Balaban J connectivity index is 2.24. The van der Waals surface area contributed by atoms with Gasteiger partial charge >= 0.3 is 17.9 Å². The number of rotatable bonds is 31. The number of carboxylic acid groups (broad SMARTS) is 3. The molecule has 1 aromatic rings. The molecule has 1 aliphatic heterocycles. The lowest BCUT2D eigenvalue weighted by atomic mass is 10.0. The van der Waals surface area contributed by atoms with Crippen molar-refractivity contribution >= 4 is 59.3 Å². The average Bonchev–Trinajstić information content (AvgIpc) is 3.76. The summed E-state index contributed by atoms with van der Waals surface area (Å²) in [6.45, 7) is 3.45. The van der Waals surface area contributed by atoms with Crippen molar-refractivity contribution in [2.75, 3.05) is 26.2 Å². The van der Waals surface area contributed by atoms with Crippen LogP contribution in [-0.2, 0) is 54.4 Å². The van der Waals surface area contributed by atoms with Gasteiger partial charge in [-0.15, -0.1) is 0 Å². The molecule has 7 amide bonds. The molecule has 1 fully saturated rings. The number of nitrogens with zero attached hydrogens (tertiary/aromatic N) is 1. The maximum absolute atomic E-state index is 13.9. The first-order valence-corrected chi connectivity index (χ1v) is 22.3. The number of carbonyl (C=O) groups excluding carboxylic acids is 7. The van der Waals surface area contributed by atoms with Crippen LogP contribution in [0.15, 0.2) is 24.3 Å². The Hall–Kier alpha value is -6.27. The molecule has 0 bridgehead atoms. The Morgan fingerprint density at radius 2 is 1.22 bits per heavy atom. The van der Waals surface area contributed by atoms with Crippen LogP contribution in [0.4, 0.5) is 4.39 Å². The molecule has 1 aliphatic rings. The van der Waals surface area contributed by atoms with Gasteiger partial charge in [0.25, 0.3) is 0 Å². The third-order valence-corrected chi connectivity index (χ3v) is 10.8. The van der Waals surface area contributed by atoms with Gasteiger partial charge in [0.1, 0.15) is 42.1 Å². The fourth-order valence-electron chi connectivity index (χ4n) is 7.20. The molecule has 0 aromatic heterocycles. The number of nitrogens with two attached hydrogens (primary N) is 3. The summed E-state index contributed by atoms with van der Waals surface area (Å²) in [5.41, 5.74) is 17.6. The van der Waals surface area contributed by atoms with Gasteiger partial charge in [0.2, 0.25) is 41.4 Å². The van der Waals surface area contributed by atoms with Crippen LogP contribution >= 0.6 is 0 Å². The minimum atomic E-state index is -1.79. The molecule has 1 saturated heterocycles. The van der Waals surface area contributed by atoms with E-state index in [1.807, 2.05) is 0 Å². The second-order valence-corrected chi connectivity index (χ2v) is 16.8. The summed E-state index contributed by atoms with van der Waals surface area (Å²) in [7, 11) is 0. The van der Waals surface area contributed by atoms with E-state index in [0.29, 0.717) is 44.2 Å². The lowest BCUT2D eigenvalue weighted by molar-refractivity contribution is -0.142. The molecular weight excluding hydrogens is 884 g/mol. The number of aliphatic carboxylic acids is 3. The number of amides is 7. The van der Waals surface area contributed by atoms with Crippen molar-refractivity contribution in [2.24, 2.45) is 23.1 Å². The molecule has 1 heterocycles. The van der Waals surface area contributed by atoms with Crippen molar-refractivity contribution in [3.05, 3.63) is 35.6 Å². The number of carbonyl (C=O) groups is 10. The van der Waals surface area contributed by atoms with E-state index in [4.69, 9.17) is 17.2 Å². The van der Waals surface area contributed by atoms with Crippen molar-refractivity contribution in [3.8, 4) is 0 Å². The molecule has 0 spiro atoms. The fraction of sp³-hybridized carbons (Fsp3) is 0.628. The maximum atomic E-state index is 13.9. The van der Waals surface area contributed by atoms with Gasteiger partial charge in [-0.25, -0.2) is 9.18 Å². The normalized spacial score (nSPS) is 16.0. The molecule has 23 nitrogen and oxygen atoms in total. The molecule has 7 atom stereocenters. The fourth-order valence-corrected chi connectivity index (χ4v) is 7.20. The van der Waals surface area contributed by atoms with Crippen LogP contribution in [-0.4, -0.2) is 148 Å². The molecule has 0 radical (unpaired) electrons. The molecule has 24 heteroatoms. The number of hydrogen-bond donors (Lipinski definition) is 12. The summed E-state index contributed by atoms with van der Waals surface area (Å²) in [6, 6.07) is -4.40. The predicted octanol–water partition coefficient (Wildman–Crippen LogP) is -2.05. The summed E-state index contributed by atoms with van der Waals surface area (Å²) in [5.74, 6) is -10.9. The van der Waals surface area contributed by atoms with Crippen molar-refractivity contribution in [1.29, 1.82) is 0 Å². The number of nitrogens with one attached hydrogen (secondary N) is 6. The first-order chi connectivity index (χ1) is 31.7. The highest BCUT2D eigenvalue weighted by Crippen LogP contribution is 2.19. The number of halogens is 1. The second-order valence-electron chi connectivity index (χ2n) is 16.8. The average molecular weight is 951 g/mol. The summed E-state index contributed by atoms with van der Waals surface area (Å²) in [6.07, 6.45) is 0.330. The van der Waals surface area contributed by atoms with Gasteiger partial charge in [-0.3, -0.25) is 43.2 Å². The lowest BCUT2D eigenvalue weighted by Crippen LogP contribution is -2.58. The molecule has 1 aromatic carbocycles. The van der Waals surface area contributed by atoms with E-state index in [1.54, 1.807) is 13.8 Å². The van der Waals surface area contributed by atoms with Gasteiger partial charge in [-0.1, -0.05) is 26.0 Å². The number of hydrogen-bond acceptors (Lipinski definition) is 13. The number of benzene rings is 1. The Morgan fingerprint density at radius 3 is 1.78 bits per heavy atom. The SMILES string of the molecule is CC(C)C[C@H](N)C(=O)N[C@@H](CCC(=O)O)C(=O)N[C@@H](CC(=O)O)C(=O)NCC(=O)N1CCC[C@H]1C(=O)N[C@@H](CCCCN)C(=O)N[C@@H](Cc1ccc(F)cc1)C(=O)N[C@@H](CCCCN)C(=O)O.